The van der Waals surface area contributed by atoms with E-state index in [1.54, 1.807) is 25.2 Å². The van der Waals surface area contributed by atoms with Crippen molar-refractivity contribution in [1.29, 1.82) is 0 Å². The number of nitro benzene ring substituents is 1. The molecule has 0 radical (unpaired) electrons. The zero-order valence-corrected chi connectivity index (χ0v) is 10.5. The molecule has 8 nitrogen and oxygen atoms in total. The number of rotatable bonds is 8. The number of nitrogens with one attached hydrogen (secondary N) is 2. The second kappa shape index (κ2) is 7.17. The van der Waals surface area contributed by atoms with Crippen molar-refractivity contribution in [3.05, 3.63) is 28.3 Å². The van der Waals surface area contributed by atoms with Crippen LogP contribution < -0.4 is 16.4 Å². The topological polar surface area (TPSA) is 120 Å². The Kier molecular flexibility index (Phi) is 5.55. The Bertz CT molecular complexity index is 464. The highest BCUT2D eigenvalue weighted by molar-refractivity contribution is 5.76. The largest absolute Gasteiger partial charge is 0.382 e. The van der Waals surface area contributed by atoms with Crippen molar-refractivity contribution in [3.8, 4) is 0 Å². The number of nitrogens with two attached hydrogens (primary N) is 1. The van der Waals surface area contributed by atoms with Crippen molar-refractivity contribution in [3.63, 3.8) is 0 Å². The van der Waals surface area contributed by atoms with Gasteiger partial charge in [0, 0.05) is 13.6 Å². The average molecular weight is 268 g/mol. The van der Waals surface area contributed by atoms with Gasteiger partial charge in [-0.3, -0.25) is 14.9 Å². The molecule has 1 aromatic carbocycles. The molecular formula is C11H16N4O4. The van der Waals surface area contributed by atoms with Gasteiger partial charge >= 0.3 is 5.69 Å². The van der Waals surface area contributed by atoms with Gasteiger partial charge in [0.1, 0.15) is 18.0 Å². The third kappa shape index (κ3) is 4.43. The number of anilines is 2. The number of amides is 1. The van der Waals surface area contributed by atoms with Gasteiger partial charge < -0.3 is 21.1 Å². The fourth-order valence-electron chi connectivity index (χ4n) is 1.52. The molecule has 1 rings (SSSR count). The van der Waals surface area contributed by atoms with Crippen molar-refractivity contribution in [2.24, 2.45) is 5.73 Å². The minimum Gasteiger partial charge on any atom is -0.382 e. The standard InChI is InChI=1S/C11H16N4O4/c1-13-8-3-2-4-9(11(8)15(17)18)14-5-6-19-7-10(12)16/h2-4,13-14H,5-7H2,1H3,(H2,12,16). The van der Waals surface area contributed by atoms with E-state index in [0.717, 1.165) is 0 Å². The molecule has 0 spiro atoms. The van der Waals surface area contributed by atoms with Gasteiger partial charge in [-0.15, -0.1) is 0 Å². The second-order valence-electron chi connectivity index (χ2n) is 3.65. The van der Waals surface area contributed by atoms with Crippen molar-refractivity contribution in [2.75, 3.05) is 37.4 Å². The van der Waals surface area contributed by atoms with E-state index in [1.165, 1.54) is 0 Å². The summed E-state index contributed by atoms with van der Waals surface area (Å²) in [5.41, 5.74) is 5.69. The molecule has 0 atom stereocenters. The van der Waals surface area contributed by atoms with E-state index in [-0.39, 0.29) is 18.9 Å². The maximum atomic E-state index is 11.0. The minimum absolute atomic E-state index is 0.0279. The van der Waals surface area contributed by atoms with Crippen LogP contribution in [0.1, 0.15) is 0 Å². The molecule has 4 N–H and O–H groups in total. The summed E-state index contributed by atoms with van der Waals surface area (Å²) in [5, 5.41) is 16.7. The first-order chi connectivity index (χ1) is 9.06. The lowest BCUT2D eigenvalue weighted by Crippen LogP contribution is -2.20. The number of nitro groups is 1. The van der Waals surface area contributed by atoms with Gasteiger partial charge in [-0.2, -0.15) is 0 Å². The molecule has 0 unspecified atom stereocenters. The molecule has 0 aliphatic rings. The maximum absolute atomic E-state index is 11.0. The number of primary amides is 1. The molecule has 104 valence electrons. The van der Waals surface area contributed by atoms with Crippen molar-refractivity contribution >= 4 is 23.0 Å². The Morgan fingerprint density at radius 1 is 1.47 bits per heavy atom. The lowest BCUT2D eigenvalue weighted by Gasteiger charge is -2.09. The second-order valence-corrected chi connectivity index (χ2v) is 3.65. The molecule has 0 heterocycles. The van der Waals surface area contributed by atoms with Crippen LogP contribution in [0.3, 0.4) is 0 Å². The molecule has 1 amide bonds. The van der Waals surface area contributed by atoms with E-state index in [2.05, 4.69) is 10.6 Å². The Morgan fingerprint density at radius 3 is 2.74 bits per heavy atom. The molecule has 1 aromatic rings. The van der Waals surface area contributed by atoms with Crippen molar-refractivity contribution < 1.29 is 14.5 Å². The number of ether oxygens (including phenoxy) is 1. The van der Waals surface area contributed by atoms with Gasteiger partial charge in [0.15, 0.2) is 0 Å². The number of carbonyl (C=O) groups is 1. The predicted octanol–water partition coefficient (Wildman–Crippen LogP) is 0.550. The molecule has 8 heteroatoms. The van der Waals surface area contributed by atoms with Crippen LogP contribution in [0.15, 0.2) is 18.2 Å². The lowest BCUT2D eigenvalue weighted by atomic mass is 10.2. The first-order valence-electron chi connectivity index (χ1n) is 5.61. The third-order valence-corrected chi connectivity index (χ3v) is 2.29. The van der Waals surface area contributed by atoms with E-state index in [1.807, 2.05) is 0 Å². The molecule has 0 aliphatic carbocycles. The first-order valence-corrected chi connectivity index (χ1v) is 5.61. The molecule has 0 aromatic heterocycles. The summed E-state index contributed by atoms with van der Waals surface area (Å²) in [7, 11) is 1.61. The summed E-state index contributed by atoms with van der Waals surface area (Å²) in [5.74, 6) is -0.553. The van der Waals surface area contributed by atoms with Crippen LogP contribution in [0.5, 0.6) is 0 Å². The quantitative estimate of drug-likeness (QED) is 0.360. The van der Waals surface area contributed by atoms with Crippen LogP contribution in [-0.4, -0.2) is 37.6 Å². The summed E-state index contributed by atoms with van der Waals surface area (Å²) < 4.78 is 4.95. The smallest absolute Gasteiger partial charge is 0.315 e. The third-order valence-electron chi connectivity index (χ3n) is 2.29. The van der Waals surface area contributed by atoms with E-state index in [0.29, 0.717) is 17.9 Å². The number of hydrogen-bond acceptors (Lipinski definition) is 6. The van der Waals surface area contributed by atoms with Gasteiger partial charge in [-0.05, 0) is 12.1 Å². The van der Waals surface area contributed by atoms with Crippen LogP contribution in [0.25, 0.3) is 0 Å². The molecule has 0 bridgehead atoms. The summed E-state index contributed by atoms with van der Waals surface area (Å²) in [4.78, 5) is 21.0. The summed E-state index contributed by atoms with van der Waals surface area (Å²) >= 11 is 0. The van der Waals surface area contributed by atoms with E-state index in [9.17, 15) is 14.9 Å². The first kappa shape index (κ1) is 14.7. The monoisotopic (exact) mass is 268 g/mol. The number of para-hydroxylation sites is 1. The predicted molar refractivity (Wildman–Crippen MR) is 71.1 cm³/mol. The Hall–Kier alpha value is -2.35. The van der Waals surface area contributed by atoms with Crippen LogP contribution >= 0.6 is 0 Å². The zero-order chi connectivity index (χ0) is 14.3. The minimum atomic E-state index is -0.553. The fraction of sp³-hybridized carbons (Fsp3) is 0.364. The molecule has 0 aliphatic heterocycles. The molecule has 19 heavy (non-hydrogen) atoms. The number of carbonyl (C=O) groups excluding carboxylic acids is 1. The summed E-state index contributed by atoms with van der Waals surface area (Å²) in [6.07, 6.45) is 0. The highest BCUT2D eigenvalue weighted by atomic mass is 16.6. The van der Waals surface area contributed by atoms with Gasteiger partial charge in [-0.1, -0.05) is 6.07 Å². The number of hydrogen-bond donors (Lipinski definition) is 3. The van der Waals surface area contributed by atoms with Gasteiger partial charge in [0.25, 0.3) is 0 Å². The Balaban J connectivity index is 2.62. The highest BCUT2D eigenvalue weighted by Gasteiger charge is 2.18. The number of nitrogens with zero attached hydrogens (tertiary/aromatic N) is 1. The lowest BCUT2D eigenvalue weighted by molar-refractivity contribution is -0.383. The summed E-state index contributed by atoms with van der Waals surface area (Å²) in [6.45, 7) is 0.394. The van der Waals surface area contributed by atoms with Crippen LogP contribution in [0.2, 0.25) is 0 Å². The van der Waals surface area contributed by atoms with Crippen molar-refractivity contribution in [1.82, 2.24) is 0 Å². The highest BCUT2D eigenvalue weighted by Crippen LogP contribution is 2.32. The molecular weight excluding hydrogens is 252 g/mol. The van der Waals surface area contributed by atoms with E-state index in [4.69, 9.17) is 10.5 Å². The molecule has 0 fully saturated rings. The van der Waals surface area contributed by atoms with Gasteiger partial charge in [0.2, 0.25) is 5.91 Å². The molecule has 0 saturated heterocycles. The van der Waals surface area contributed by atoms with E-state index < -0.39 is 10.8 Å². The summed E-state index contributed by atoms with van der Waals surface area (Å²) in [6, 6.07) is 4.92. The van der Waals surface area contributed by atoms with Gasteiger partial charge in [-0.25, -0.2) is 0 Å². The fourth-order valence-corrected chi connectivity index (χ4v) is 1.52. The van der Waals surface area contributed by atoms with Crippen LogP contribution in [0, 0.1) is 10.1 Å². The Labute approximate surface area is 110 Å². The molecule has 0 saturated carbocycles. The maximum Gasteiger partial charge on any atom is 0.315 e. The van der Waals surface area contributed by atoms with E-state index >= 15 is 0 Å². The van der Waals surface area contributed by atoms with Gasteiger partial charge in [0.05, 0.1) is 11.5 Å². The normalized spacial score (nSPS) is 9.95. The Morgan fingerprint density at radius 2 is 2.16 bits per heavy atom. The average Bonchev–Trinajstić information content (AvgIpc) is 2.37. The van der Waals surface area contributed by atoms with Crippen LogP contribution in [-0.2, 0) is 9.53 Å². The zero-order valence-electron chi connectivity index (χ0n) is 10.5. The van der Waals surface area contributed by atoms with Crippen molar-refractivity contribution in [2.45, 2.75) is 0 Å². The van der Waals surface area contributed by atoms with Crippen LogP contribution in [0.4, 0.5) is 17.1 Å². The SMILES string of the molecule is CNc1cccc(NCCOCC(N)=O)c1[N+](=O)[O-]. The number of benzene rings is 1.